The van der Waals surface area contributed by atoms with Crippen LogP contribution in [-0.2, 0) is 0 Å². The SMILES string of the molecule is C1CNCC(CNCC(C2CC2)C2CC2)C1. The van der Waals surface area contributed by atoms with Crippen molar-refractivity contribution in [1.82, 2.24) is 10.6 Å². The number of rotatable bonds is 6. The fourth-order valence-electron chi connectivity index (χ4n) is 3.32. The lowest BCUT2D eigenvalue weighted by Gasteiger charge is -2.24. The zero-order valence-corrected chi connectivity index (χ0v) is 10.4. The van der Waals surface area contributed by atoms with E-state index in [0.717, 1.165) is 23.7 Å². The molecule has 2 N–H and O–H groups in total. The Kier molecular flexibility index (Phi) is 3.49. The molecular weight excluding hydrogens is 196 g/mol. The molecule has 2 heteroatoms. The Balaban J connectivity index is 1.34. The van der Waals surface area contributed by atoms with Crippen LogP contribution in [0.2, 0.25) is 0 Å². The van der Waals surface area contributed by atoms with Gasteiger partial charge in [0.05, 0.1) is 0 Å². The van der Waals surface area contributed by atoms with E-state index in [1.54, 1.807) is 0 Å². The molecule has 0 radical (unpaired) electrons. The van der Waals surface area contributed by atoms with Gasteiger partial charge in [0.15, 0.2) is 0 Å². The smallest absolute Gasteiger partial charge is 0.000825 e. The number of piperidine rings is 1. The summed E-state index contributed by atoms with van der Waals surface area (Å²) in [6.45, 7) is 5.04. The Hall–Kier alpha value is -0.0800. The maximum absolute atomic E-state index is 3.76. The highest BCUT2D eigenvalue weighted by atomic mass is 14.9. The summed E-state index contributed by atoms with van der Waals surface area (Å²) < 4.78 is 0. The third-order valence-corrected chi connectivity index (χ3v) is 4.67. The lowest BCUT2D eigenvalue weighted by molar-refractivity contribution is 0.326. The van der Waals surface area contributed by atoms with Gasteiger partial charge in [-0.15, -0.1) is 0 Å². The summed E-state index contributed by atoms with van der Waals surface area (Å²) in [4.78, 5) is 0. The third-order valence-electron chi connectivity index (χ3n) is 4.67. The molecule has 2 saturated carbocycles. The van der Waals surface area contributed by atoms with Gasteiger partial charge >= 0.3 is 0 Å². The van der Waals surface area contributed by atoms with Crippen molar-refractivity contribution in [2.24, 2.45) is 23.7 Å². The second-order valence-electron chi connectivity index (χ2n) is 6.21. The first kappa shape index (κ1) is 11.0. The summed E-state index contributed by atoms with van der Waals surface area (Å²) in [5, 5.41) is 7.26. The highest BCUT2D eigenvalue weighted by Crippen LogP contribution is 2.48. The van der Waals surface area contributed by atoms with Crippen molar-refractivity contribution >= 4 is 0 Å². The van der Waals surface area contributed by atoms with Crippen molar-refractivity contribution in [3.05, 3.63) is 0 Å². The molecule has 1 aliphatic heterocycles. The van der Waals surface area contributed by atoms with E-state index in [4.69, 9.17) is 0 Å². The Morgan fingerprint density at radius 1 is 1.06 bits per heavy atom. The molecule has 3 fully saturated rings. The average Bonchev–Trinajstić information content (AvgIpc) is 3.17. The van der Waals surface area contributed by atoms with E-state index in [1.165, 1.54) is 64.7 Å². The highest BCUT2D eigenvalue weighted by molar-refractivity contribution is 4.92. The van der Waals surface area contributed by atoms with Crippen molar-refractivity contribution < 1.29 is 0 Å². The Bertz CT molecular complexity index is 203. The van der Waals surface area contributed by atoms with Crippen LogP contribution in [0.4, 0.5) is 0 Å². The second kappa shape index (κ2) is 5.05. The predicted octanol–water partition coefficient (Wildman–Crippen LogP) is 2.01. The molecule has 92 valence electrons. The van der Waals surface area contributed by atoms with Crippen LogP contribution in [0.15, 0.2) is 0 Å². The molecule has 1 heterocycles. The van der Waals surface area contributed by atoms with Gasteiger partial charge in [0.25, 0.3) is 0 Å². The molecule has 0 aromatic carbocycles. The van der Waals surface area contributed by atoms with E-state index in [2.05, 4.69) is 10.6 Å². The molecule has 0 aromatic rings. The van der Waals surface area contributed by atoms with Crippen LogP contribution in [0, 0.1) is 23.7 Å². The van der Waals surface area contributed by atoms with Crippen molar-refractivity contribution in [3.63, 3.8) is 0 Å². The van der Waals surface area contributed by atoms with Gasteiger partial charge in [-0.3, -0.25) is 0 Å². The fourth-order valence-corrected chi connectivity index (χ4v) is 3.32. The largest absolute Gasteiger partial charge is 0.316 e. The summed E-state index contributed by atoms with van der Waals surface area (Å²) >= 11 is 0. The minimum absolute atomic E-state index is 0.896. The maximum Gasteiger partial charge on any atom is -0.000825 e. The van der Waals surface area contributed by atoms with Crippen molar-refractivity contribution in [3.8, 4) is 0 Å². The third kappa shape index (κ3) is 2.98. The fraction of sp³-hybridized carbons (Fsp3) is 1.00. The number of nitrogens with one attached hydrogen (secondary N) is 2. The molecule has 1 unspecified atom stereocenters. The first-order valence-electron chi connectivity index (χ1n) is 7.35. The minimum atomic E-state index is 0.896. The van der Waals surface area contributed by atoms with Gasteiger partial charge in [0, 0.05) is 0 Å². The topological polar surface area (TPSA) is 24.1 Å². The van der Waals surface area contributed by atoms with Gasteiger partial charge in [0.2, 0.25) is 0 Å². The van der Waals surface area contributed by atoms with Crippen LogP contribution in [0.3, 0.4) is 0 Å². The van der Waals surface area contributed by atoms with Gasteiger partial charge < -0.3 is 10.6 Å². The normalized spacial score (nSPS) is 30.9. The molecule has 1 saturated heterocycles. The summed E-state index contributed by atoms with van der Waals surface area (Å²) in [6.07, 6.45) is 8.89. The quantitative estimate of drug-likeness (QED) is 0.718. The molecule has 0 aromatic heterocycles. The highest BCUT2D eigenvalue weighted by Gasteiger charge is 2.40. The lowest BCUT2D eigenvalue weighted by Crippen LogP contribution is -2.37. The Labute approximate surface area is 99.6 Å². The van der Waals surface area contributed by atoms with Crippen molar-refractivity contribution in [2.45, 2.75) is 38.5 Å². The number of hydrogen-bond donors (Lipinski definition) is 2. The van der Waals surface area contributed by atoms with E-state index in [-0.39, 0.29) is 0 Å². The first-order chi connectivity index (χ1) is 7.93. The molecule has 2 nitrogen and oxygen atoms in total. The molecule has 3 aliphatic rings. The summed E-state index contributed by atoms with van der Waals surface area (Å²) in [7, 11) is 0. The monoisotopic (exact) mass is 222 g/mol. The first-order valence-corrected chi connectivity index (χ1v) is 7.35. The zero-order valence-electron chi connectivity index (χ0n) is 10.4. The summed E-state index contributed by atoms with van der Waals surface area (Å²) in [5.41, 5.74) is 0. The molecular formula is C14H26N2. The van der Waals surface area contributed by atoms with Crippen LogP contribution in [0.25, 0.3) is 0 Å². The zero-order chi connectivity index (χ0) is 10.8. The minimum Gasteiger partial charge on any atom is -0.316 e. The molecule has 0 amide bonds. The predicted molar refractivity (Wildman–Crippen MR) is 67.4 cm³/mol. The second-order valence-corrected chi connectivity index (χ2v) is 6.21. The van der Waals surface area contributed by atoms with Crippen LogP contribution >= 0.6 is 0 Å². The van der Waals surface area contributed by atoms with Crippen molar-refractivity contribution in [1.29, 1.82) is 0 Å². The Morgan fingerprint density at radius 2 is 1.81 bits per heavy atom. The average molecular weight is 222 g/mol. The van der Waals surface area contributed by atoms with Gasteiger partial charge in [-0.25, -0.2) is 0 Å². The molecule has 16 heavy (non-hydrogen) atoms. The Morgan fingerprint density at radius 3 is 2.38 bits per heavy atom. The van der Waals surface area contributed by atoms with Crippen LogP contribution in [-0.4, -0.2) is 26.2 Å². The van der Waals surface area contributed by atoms with E-state index in [0.29, 0.717) is 0 Å². The molecule has 2 aliphatic carbocycles. The molecule has 0 bridgehead atoms. The van der Waals surface area contributed by atoms with Gasteiger partial charge in [-0.2, -0.15) is 0 Å². The summed E-state index contributed by atoms with van der Waals surface area (Å²) in [5.74, 6) is 4.14. The van der Waals surface area contributed by atoms with E-state index >= 15 is 0 Å². The van der Waals surface area contributed by atoms with E-state index in [1.807, 2.05) is 0 Å². The van der Waals surface area contributed by atoms with Gasteiger partial charge in [0.1, 0.15) is 0 Å². The van der Waals surface area contributed by atoms with Gasteiger partial charge in [-0.1, -0.05) is 0 Å². The molecule has 3 rings (SSSR count). The number of hydrogen-bond acceptors (Lipinski definition) is 2. The van der Waals surface area contributed by atoms with Crippen LogP contribution < -0.4 is 10.6 Å². The standard InChI is InChI=1S/C14H26N2/c1-2-11(8-15-7-1)9-16-10-14(12-3-4-12)13-5-6-13/h11-16H,1-10H2. The van der Waals surface area contributed by atoms with E-state index < -0.39 is 0 Å². The maximum atomic E-state index is 3.76. The van der Waals surface area contributed by atoms with Gasteiger partial charge in [-0.05, 0) is 88.4 Å². The molecule has 1 atom stereocenters. The lowest BCUT2D eigenvalue weighted by atomic mass is 9.96. The summed E-state index contributed by atoms with van der Waals surface area (Å²) in [6, 6.07) is 0. The van der Waals surface area contributed by atoms with Crippen LogP contribution in [0.1, 0.15) is 38.5 Å². The van der Waals surface area contributed by atoms with Crippen molar-refractivity contribution in [2.75, 3.05) is 26.2 Å². The van der Waals surface area contributed by atoms with Crippen LogP contribution in [0.5, 0.6) is 0 Å². The molecule has 0 spiro atoms. The van der Waals surface area contributed by atoms with E-state index in [9.17, 15) is 0 Å².